The van der Waals surface area contributed by atoms with Gasteiger partial charge in [0.2, 0.25) is 10.0 Å². The van der Waals surface area contributed by atoms with E-state index < -0.39 is 10.0 Å². The first kappa shape index (κ1) is 19.4. The number of rotatable bonds is 7. The molecule has 2 amide bonds. The molecule has 1 aliphatic rings. The van der Waals surface area contributed by atoms with Crippen LogP contribution >= 0.6 is 0 Å². The van der Waals surface area contributed by atoms with Crippen molar-refractivity contribution in [3.8, 4) is 5.75 Å². The molecule has 0 radical (unpaired) electrons. The second kappa shape index (κ2) is 8.94. The number of sulfonamides is 1. The highest BCUT2D eigenvalue weighted by Gasteiger charge is 2.21. The molecule has 1 fully saturated rings. The lowest BCUT2D eigenvalue weighted by Crippen LogP contribution is -2.45. The Kier molecular flexibility index (Phi) is 6.92. The maximum atomic E-state index is 12.1. The van der Waals surface area contributed by atoms with Gasteiger partial charge in [0, 0.05) is 12.6 Å². The maximum absolute atomic E-state index is 12.1. The lowest BCUT2D eigenvalue weighted by atomic mass is 9.96. The minimum absolute atomic E-state index is 0.136. The highest BCUT2D eigenvalue weighted by atomic mass is 32.2. The second-order valence-electron chi connectivity index (χ2n) is 6.24. The standard InChI is InChI=1S/C17H27N3O4S/c1-24-16-11-7-6-10-15(16)20(25(2,22)23)13-12-18-17(21)19-14-8-4-3-5-9-14/h6-7,10-11,14H,3-5,8-9,12-13H2,1-2H3,(H2,18,19,21). The van der Waals surface area contributed by atoms with E-state index in [1.807, 2.05) is 0 Å². The van der Waals surface area contributed by atoms with Crippen molar-refractivity contribution in [3.63, 3.8) is 0 Å². The largest absolute Gasteiger partial charge is 0.495 e. The quantitative estimate of drug-likeness (QED) is 0.770. The maximum Gasteiger partial charge on any atom is 0.315 e. The normalized spacial score (nSPS) is 15.4. The molecule has 0 aliphatic heterocycles. The van der Waals surface area contributed by atoms with Crippen LogP contribution in [0.15, 0.2) is 24.3 Å². The van der Waals surface area contributed by atoms with E-state index in [0.29, 0.717) is 11.4 Å². The second-order valence-corrected chi connectivity index (χ2v) is 8.15. The predicted octanol–water partition coefficient (Wildman–Crippen LogP) is 2.09. The van der Waals surface area contributed by atoms with Crippen molar-refractivity contribution in [2.45, 2.75) is 38.1 Å². The Morgan fingerprint density at radius 1 is 1.24 bits per heavy atom. The first-order valence-corrected chi connectivity index (χ1v) is 10.4. The molecule has 1 saturated carbocycles. The molecule has 0 bridgehead atoms. The van der Waals surface area contributed by atoms with Gasteiger partial charge in [-0.2, -0.15) is 0 Å². The summed E-state index contributed by atoms with van der Waals surface area (Å²) in [4.78, 5) is 12.0. The summed E-state index contributed by atoms with van der Waals surface area (Å²) in [5.74, 6) is 0.472. The molecular weight excluding hydrogens is 342 g/mol. The third-order valence-corrected chi connectivity index (χ3v) is 5.47. The summed E-state index contributed by atoms with van der Waals surface area (Å²) in [7, 11) is -2.00. The summed E-state index contributed by atoms with van der Waals surface area (Å²) < 4.78 is 30.8. The molecule has 1 aromatic carbocycles. The fraction of sp³-hybridized carbons (Fsp3) is 0.588. The van der Waals surface area contributed by atoms with Crippen LogP contribution in [-0.2, 0) is 10.0 Å². The Hall–Kier alpha value is -1.96. The van der Waals surface area contributed by atoms with Crippen LogP contribution in [0.2, 0.25) is 0 Å². The molecule has 2 N–H and O–H groups in total. The molecule has 0 heterocycles. The van der Waals surface area contributed by atoms with Gasteiger partial charge in [-0.3, -0.25) is 4.31 Å². The van der Waals surface area contributed by atoms with E-state index in [1.165, 1.54) is 17.8 Å². The molecule has 0 atom stereocenters. The summed E-state index contributed by atoms with van der Waals surface area (Å²) in [6.45, 7) is 0.348. The lowest BCUT2D eigenvalue weighted by molar-refractivity contribution is 0.233. The Bertz CT molecular complexity index is 672. The zero-order valence-electron chi connectivity index (χ0n) is 14.8. The van der Waals surface area contributed by atoms with Gasteiger partial charge in [-0.1, -0.05) is 31.4 Å². The number of anilines is 1. The van der Waals surface area contributed by atoms with E-state index in [2.05, 4.69) is 10.6 Å². The smallest absolute Gasteiger partial charge is 0.315 e. The molecule has 7 nitrogen and oxygen atoms in total. The van der Waals surface area contributed by atoms with Gasteiger partial charge in [-0.05, 0) is 25.0 Å². The third kappa shape index (κ3) is 5.81. The van der Waals surface area contributed by atoms with E-state index in [1.54, 1.807) is 24.3 Å². The molecule has 0 spiro atoms. The van der Waals surface area contributed by atoms with Crippen molar-refractivity contribution < 1.29 is 17.9 Å². The van der Waals surface area contributed by atoms with Gasteiger partial charge in [0.15, 0.2) is 0 Å². The number of nitrogens with one attached hydrogen (secondary N) is 2. The highest BCUT2D eigenvalue weighted by Crippen LogP contribution is 2.29. The molecule has 0 aromatic heterocycles. The van der Waals surface area contributed by atoms with Crippen LogP contribution in [0.1, 0.15) is 32.1 Å². The summed E-state index contributed by atoms with van der Waals surface area (Å²) in [5.41, 5.74) is 0.460. The van der Waals surface area contributed by atoms with Gasteiger partial charge in [0.1, 0.15) is 5.75 Å². The first-order valence-electron chi connectivity index (χ1n) is 8.57. The molecule has 140 valence electrons. The Labute approximate surface area is 149 Å². The van der Waals surface area contributed by atoms with Crippen LogP contribution < -0.4 is 19.7 Å². The van der Waals surface area contributed by atoms with Gasteiger partial charge in [-0.25, -0.2) is 13.2 Å². The number of methoxy groups -OCH3 is 1. The Morgan fingerprint density at radius 2 is 1.92 bits per heavy atom. The molecular formula is C17H27N3O4S. The van der Waals surface area contributed by atoms with Crippen LogP contribution in [-0.4, -0.2) is 46.9 Å². The van der Waals surface area contributed by atoms with E-state index in [-0.39, 0.29) is 25.2 Å². The van der Waals surface area contributed by atoms with E-state index >= 15 is 0 Å². The van der Waals surface area contributed by atoms with Crippen molar-refractivity contribution in [3.05, 3.63) is 24.3 Å². The van der Waals surface area contributed by atoms with Crippen molar-refractivity contribution in [1.82, 2.24) is 10.6 Å². The molecule has 1 aliphatic carbocycles. The van der Waals surface area contributed by atoms with Gasteiger partial charge in [-0.15, -0.1) is 0 Å². The summed E-state index contributed by atoms with van der Waals surface area (Å²) >= 11 is 0. The van der Waals surface area contributed by atoms with Crippen LogP contribution in [0, 0.1) is 0 Å². The zero-order chi connectivity index (χ0) is 18.3. The Morgan fingerprint density at radius 3 is 2.56 bits per heavy atom. The summed E-state index contributed by atoms with van der Waals surface area (Å²) in [6.07, 6.45) is 6.65. The van der Waals surface area contributed by atoms with Gasteiger partial charge >= 0.3 is 6.03 Å². The number of urea groups is 1. The van der Waals surface area contributed by atoms with Crippen LogP contribution in [0.4, 0.5) is 10.5 Å². The average Bonchev–Trinajstić information content (AvgIpc) is 2.58. The fourth-order valence-electron chi connectivity index (χ4n) is 3.06. The minimum Gasteiger partial charge on any atom is -0.495 e. The molecule has 0 unspecified atom stereocenters. The number of para-hydroxylation sites is 2. The number of carbonyl (C=O) groups is 1. The Balaban J connectivity index is 1.93. The molecule has 8 heteroatoms. The van der Waals surface area contributed by atoms with E-state index in [9.17, 15) is 13.2 Å². The third-order valence-electron chi connectivity index (χ3n) is 4.30. The summed E-state index contributed by atoms with van der Waals surface area (Å²) in [5, 5.41) is 5.69. The van der Waals surface area contributed by atoms with E-state index in [4.69, 9.17) is 4.74 Å². The molecule has 0 saturated heterocycles. The lowest BCUT2D eigenvalue weighted by Gasteiger charge is -2.25. The SMILES string of the molecule is COc1ccccc1N(CCNC(=O)NC1CCCCC1)S(C)(=O)=O. The van der Waals surface area contributed by atoms with Crippen molar-refractivity contribution >= 4 is 21.7 Å². The highest BCUT2D eigenvalue weighted by molar-refractivity contribution is 7.92. The van der Waals surface area contributed by atoms with Gasteiger partial charge < -0.3 is 15.4 Å². The monoisotopic (exact) mass is 369 g/mol. The average molecular weight is 369 g/mol. The number of benzene rings is 1. The number of hydrogen-bond donors (Lipinski definition) is 2. The molecule has 25 heavy (non-hydrogen) atoms. The van der Waals surface area contributed by atoms with Crippen molar-refractivity contribution in [2.75, 3.05) is 30.8 Å². The number of amides is 2. The molecule has 2 rings (SSSR count). The number of hydrogen-bond acceptors (Lipinski definition) is 4. The van der Waals surface area contributed by atoms with Gasteiger partial charge in [0.25, 0.3) is 0 Å². The van der Waals surface area contributed by atoms with E-state index in [0.717, 1.165) is 31.9 Å². The molecule has 1 aromatic rings. The van der Waals surface area contributed by atoms with Crippen LogP contribution in [0.3, 0.4) is 0 Å². The van der Waals surface area contributed by atoms with Gasteiger partial charge in [0.05, 0.1) is 25.6 Å². The number of ether oxygens (including phenoxy) is 1. The number of nitrogens with zero attached hydrogens (tertiary/aromatic N) is 1. The topological polar surface area (TPSA) is 87.7 Å². The zero-order valence-corrected chi connectivity index (χ0v) is 15.6. The number of carbonyl (C=O) groups excluding carboxylic acids is 1. The minimum atomic E-state index is -3.49. The van der Waals surface area contributed by atoms with Crippen molar-refractivity contribution in [2.24, 2.45) is 0 Å². The summed E-state index contributed by atoms with van der Waals surface area (Å²) in [6, 6.07) is 6.88. The van der Waals surface area contributed by atoms with Crippen LogP contribution in [0.25, 0.3) is 0 Å². The fourth-order valence-corrected chi connectivity index (χ4v) is 3.99. The first-order chi connectivity index (χ1) is 11.9. The van der Waals surface area contributed by atoms with Crippen molar-refractivity contribution in [1.29, 1.82) is 0 Å². The predicted molar refractivity (Wildman–Crippen MR) is 98.6 cm³/mol. The van der Waals surface area contributed by atoms with Crippen LogP contribution in [0.5, 0.6) is 5.75 Å².